The van der Waals surface area contributed by atoms with E-state index in [2.05, 4.69) is 6.07 Å². The van der Waals surface area contributed by atoms with Crippen LogP contribution in [-0.2, 0) is 21.3 Å². The zero-order valence-corrected chi connectivity index (χ0v) is 16.9. The monoisotopic (exact) mass is 377 g/mol. The van der Waals surface area contributed by atoms with Gasteiger partial charge in [-0.3, -0.25) is 0 Å². The Hall–Kier alpha value is -1.89. The van der Waals surface area contributed by atoms with Gasteiger partial charge in [0.1, 0.15) is 12.4 Å². The van der Waals surface area contributed by atoms with E-state index in [0.717, 1.165) is 22.3 Å². The molecule has 0 heterocycles. The molecule has 0 saturated heterocycles. The van der Waals surface area contributed by atoms with E-state index in [0.29, 0.717) is 25.5 Å². The van der Waals surface area contributed by atoms with Crippen molar-refractivity contribution in [3.8, 4) is 5.75 Å². The third kappa shape index (κ3) is 4.84. The molecule has 2 aromatic rings. The molecule has 26 heavy (non-hydrogen) atoms. The average molecular weight is 378 g/mol. The Bertz CT molecular complexity index is 862. The standard InChI is InChI=1S/C20H27NO4S/c1-15-6-7-18(16(2)12-15)14-21(4)26(22,23)19-8-9-20(17(3)13-19)25-11-10-24-5/h6-9,12-13H,10-11,14H2,1-5H3. The fourth-order valence-electron chi connectivity index (χ4n) is 2.71. The van der Waals surface area contributed by atoms with Crippen molar-refractivity contribution >= 4 is 10.0 Å². The third-order valence-corrected chi connectivity index (χ3v) is 6.09. The molecule has 0 atom stereocenters. The van der Waals surface area contributed by atoms with E-state index >= 15 is 0 Å². The number of aryl methyl sites for hydroxylation is 3. The molecule has 0 radical (unpaired) electrons. The van der Waals surface area contributed by atoms with Crippen molar-refractivity contribution < 1.29 is 17.9 Å². The fourth-order valence-corrected chi connectivity index (χ4v) is 3.94. The minimum atomic E-state index is -3.58. The summed E-state index contributed by atoms with van der Waals surface area (Å²) in [7, 11) is -0.363. The Morgan fingerprint density at radius 2 is 1.69 bits per heavy atom. The molecule has 0 N–H and O–H groups in total. The number of benzene rings is 2. The number of nitrogens with zero attached hydrogens (tertiary/aromatic N) is 1. The Morgan fingerprint density at radius 1 is 0.962 bits per heavy atom. The smallest absolute Gasteiger partial charge is 0.243 e. The molecule has 5 nitrogen and oxygen atoms in total. The van der Waals surface area contributed by atoms with Gasteiger partial charge in [0.05, 0.1) is 11.5 Å². The maximum atomic E-state index is 12.9. The summed E-state index contributed by atoms with van der Waals surface area (Å²) in [6.45, 7) is 7.11. The summed E-state index contributed by atoms with van der Waals surface area (Å²) in [6, 6.07) is 11.0. The van der Waals surface area contributed by atoms with Crippen LogP contribution >= 0.6 is 0 Å². The molecule has 6 heteroatoms. The summed E-state index contributed by atoms with van der Waals surface area (Å²) in [6.07, 6.45) is 0. The van der Waals surface area contributed by atoms with Crippen LogP contribution in [-0.4, -0.2) is 40.1 Å². The van der Waals surface area contributed by atoms with Crippen LogP contribution in [0.5, 0.6) is 5.75 Å². The fraction of sp³-hybridized carbons (Fsp3) is 0.400. The van der Waals surface area contributed by atoms with E-state index in [1.165, 1.54) is 4.31 Å². The first-order valence-corrected chi connectivity index (χ1v) is 9.94. The zero-order chi connectivity index (χ0) is 19.3. The molecule has 0 aliphatic carbocycles. The van der Waals surface area contributed by atoms with Crippen molar-refractivity contribution in [3.63, 3.8) is 0 Å². The average Bonchev–Trinajstić information content (AvgIpc) is 2.58. The number of ether oxygens (including phenoxy) is 2. The van der Waals surface area contributed by atoms with Gasteiger partial charge in [-0.2, -0.15) is 4.31 Å². The Morgan fingerprint density at radius 3 is 2.31 bits per heavy atom. The lowest BCUT2D eigenvalue weighted by Gasteiger charge is -2.19. The normalized spacial score (nSPS) is 11.8. The second-order valence-electron chi connectivity index (χ2n) is 6.46. The van der Waals surface area contributed by atoms with Crippen molar-refractivity contribution in [2.24, 2.45) is 0 Å². The third-order valence-electron chi connectivity index (χ3n) is 4.29. The van der Waals surface area contributed by atoms with Gasteiger partial charge < -0.3 is 9.47 Å². The van der Waals surface area contributed by atoms with Gasteiger partial charge in [0.25, 0.3) is 0 Å². The van der Waals surface area contributed by atoms with E-state index in [4.69, 9.17) is 9.47 Å². The molecule has 2 rings (SSSR count). The van der Waals surface area contributed by atoms with Gasteiger partial charge in [-0.1, -0.05) is 23.8 Å². The molecule has 0 aliphatic rings. The number of sulfonamides is 1. The highest BCUT2D eigenvalue weighted by molar-refractivity contribution is 7.89. The van der Waals surface area contributed by atoms with Gasteiger partial charge >= 0.3 is 0 Å². The van der Waals surface area contributed by atoms with Gasteiger partial charge in [0.2, 0.25) is 10.0 Å². The van der Waals surface area contributed by atoms with Gasteiger partial charge in [-0.25, -0.2) is 8.42 Å². The van der Waals surface area contributed by atoms with Crippen LogP contribution in [0.25, 0.3) is 0 Å². The van der Waals surface area contributed by atoms with E-state index < -0.39 is 10.0 Å². The van der Waals surface area contributed by atoms with E-state index in [9.17, 15) is 8.42 Å². The minimum absolute atomic E-state index is 0.265. The SMILES string of the molecule is COCCOc1ccc(S(=O)(=O)N(C)Cc2ccc(C)cc2C)cc1C. The molecule has 0 bridgehead atoms. The van der Waals surface area contributed by atoms with E-state index in [1.54, 1.807) is 32.4 Å². The van der Waals surface area contributed by atoms with E-state index in [-0.39, 0.29) is 4.90 Å². The van der Waals surface area contributed by atoms with Crippen molar-refractivity contribution in [1.29, 1.82) is 0 Å². The summed E-state index contributed by atoms with van der Waals surface area (Å²) in [4.78, 5) is 0.265. The molecular formula is C20H27NO4S. The van der Waals surface area contributed by atoms with Crippen molar-refractivity contribution in [1.82, 2.24) is 4.31 Å². The molecule has 0 aliphatic heterocycles. The first-order chi connectivity index (χ1) is 12.3. The van der Waals surface area contributed by atoms with E-state index in [1.807, 2.05) is 32.9 Å². The van der Waals surface area contributed by atoms with Crippen molar-refractivity contribution in [2.75, 3.05) is 27.4 Å². The van der Waals surface area contributed by atoms with Gasteiger partial charge in [0, 0.05) is 20.7 Å². The maximum Gasteiger partial charge on any atom is 0.243 e. The topological polar surface area (TPSA) is 55.8 Å². The lowest BCUT2D eigenvalue weighted by atomic mass is 10.1. The highest BCUT2D eigenvalue weighted by Gasteiger charge is 2.22. The van der Waals surface area contributed by atoms with Crippen LogP contribution in [0, 0.1) is 20.8 Å². The lowest BCUT2D eigenvalue weighted by molar-refractivity contribution is 0.146. The minimum Gasteiger partial charge on any atom is -0.491 e. The van der Waals surface area contributed by atoms with Gasteiger partial charge in [0.15, 0.2) is 0 Å². The molecular weight excluding hydrogens is 350 g/mol. The first-order valence-electron chi connectivity index (χ1n) is 8.50. The highest BCUT2D eigenvalue weighted by atomic mass is 32.2. The van der Waals surface area contributed by atoms with Crippen LogP contribution in [0.15, 0.2) is 41.3 Å². The molecule has 0 spiro atoms. The largest absolute Gasteiger partial charge is 0.491 e. The molecule has 2 aromatic carbocycles. The number of methoxy groups -OCH3 is 1. The first kappa shape index (κ1) is 20.4. The zero-order valence-electron chi connectivity index (χ0n) is 16.1. The summed E-state index contributed by atoms with van der Waals surface area (Å²) in [5, 5.41) is 0. The van der Waals surface area contributed by atoms with Crippen LogP contribution in [0.2, 0.25) is 0 Å². The second-order valence-corrected chi connectivity index (χ2v) is 8.50. The summed E-state index contributed by atoms with van der Waals surface area (Å²) < 4.78 is 37.7. The molecule has 0 saturated carbocycles. The maximum absolute atomic E-state index is 12.9. The van der Waals surface area contributed by atoms with Crippen molar-refractivity contribution in [2.45, 2.75) is 32.2 Å². The highest BCUT2D eigenvalue weighted by Crippen LogP contribution is 2.25. The molecule has 142 valence electrons. The van der Waals surface area contributed by atoms with Crippen LogP contribution in [0.1, 0.15) is 22.3 Å². The Balaban J connectivity index is 2.19. The van der Waals surface area contributed by atoms with Gasteiger partial charge in [-0.15, -0.1) is 0 Å². The van der Waals surface area contributed by atoms with Crippen LogP contribution in [0.4, 0.5) is 0 Å². The Labute approximate surface area is 156 Å². The summed E-state index contributed by atoms with van der Waals surface area (Å²) in [5.41, 5.74) is 4.03. The number of rotatable bonds is 8. The number of hydrogen-bond acceptors (Lipinski definition) is 4. The van der Waals surface area contributed by atoms with Gasteiger partial charge in [-0.05, 0) is 55.7 Å². The molecule has 0 unspecified atom stereocenters. The predicted molar refractivity (Wildman–Crippen MR) is 103 cm³/mol. The van der Waals surface area contributed by atoms with Crippen LogP contribution in [0.3, 0.4) is 0 Å². The predicted octanol–water partition coefficient (Wildman–Crippen LogP) is 3.46. The molecule has 0 aromatic heterocycles. The summed E-state index contributed by atoms with van der Waals surface area (Å²) in [5.74, 6) is 0.665. The van der Waals surface area contributed by atoms with Crippen molar-refractivity contribution in [3.05, 3.63) is 58.7 Å². The lowest BCUT2D eigenvalue weighted by Crippen LogP contribution is -2.27. The second kappa shape index (κ2) is 8.66. The molecule has 0 amide bonds. The quantitative estimate of drug-likeness (QED) is 0.661. The summed E-state index contributed by atoms with van der Waals surface area (Å²) >= 11 is 0. The number of hydrogen-bond donors (Lipinski definition) is 0. The van der Waals surface area contributed by atoms with Crippen LogP contribution < -0.4 is 4.74 Å². The molecule has 0 fully saturated rings. The Kier molecular flexibility index (Phi) is 6.81.